The van der Waals surface area contributed by atoms with E-state index in [0.29, 0.717) is 6.42 Å². The van der Waals surface area contributed by atoms with Crippen LogP contribution >= 0.6 is 11.3 Å². The number of rotatable bonds is 7. The van der Waals surface area contributed by atoms with Crippen LogP contribution in [0.25, 0.3) is 32.0 Å². The first-order chi connectivity index (χ1) is 17.9. The maximum Gasteiger partial charge on any atom is 0.347 e. The second-order valence-electron chi connectivity index (χ2n) is 9.86. The summed E-state index contributed by atoms with van der Waals surface area (Å²) in [5.74, 6) is 0.559. The molecule has 5 aromatic rings. The Morgan fingerprint density at radius 3 is 2.38 bits per heavy atom. The largest absolute Gasteiger partial charge is 0.478 e. The lowest BCUT2D eigenvalue weighted by Gasteiger charge is -2.22. The van der Waals surface area contributed by atoms with E-state index >= 15 is 0 Å². The second kappa shape index (κ2) is 10.4. The van der Waals surface area contributed by atoms with Gasteiger partial charge in [0.1, 0.15) is 5.75 Å². The van der Waals surface area contributed by atoms with Crippen molar-refractivity contribution in [1.82, 2.24) is 0 Å². The number of hydrogen-bond donors (Lipinski definition) is 0. The highest BCUT2D eigenvalue weighted by Gasteiger charge is 2.24. The topological polar surface area (TPSA) is 35.5 Å². The van der Waals surface area contributed by atoms with Crippen molar-refractivity contribution in [2.24, 2.45) is 0 Å². The van der Waals surface area contributed by atoms with Crippen molar-refractivity contribution < 1.29 is 14.3 Å². The van der Waals surface area contributed by atoms with E-state index in [-0.39, 0.29) is 11.9 Å². The molecule has 0 aliphatic heterocycles. The van der Waals surface area contributed by atoms with E-state index in [4.69, 9.17) is 9.47 Å². The first-order valence-corrected chi connectivity index (χ1v) is 13.5. The molecule has 1 aromatic heterocycles. The average molecular weight is 509 g/mol. The summed E-state index contributed by atoms with van der Waals surface area (Å²) >= 11 is 1.85. The van der Waals surface area contributed by atoms with Crippen LogP contribution in [0.3, 0.4) is 0 Å². The van der Waals surface area contributed by atoms with Gasteiger partial charge in [0.05, 0.1) is 7.11 Å². The zero-order valence-electron chi connectivity index (χ0n) is 22.0. The number of ether oxygens (including phenoxy) is 2. The lowest BCUT2D eigenvalue weighted by molar-refractivity contribution is -0.148. The Morgan fingerprint density at radius 2 is 1.65 bits per heavy atom. The van der Waals surface area contributed by atoms with Crippen molar-refractivity contribution >= 4 is 38.2 Å². The number of aryl methyl sites for hydroxylation is 2. The van der Waals surface area contributed by atoms with Crippen molar-refractivity contribution in [3.05, 3.63) is 100 Å². The van der Waals surface area contributed by atoms with Crippen molar-refractivity contribution in [2.75, 3.05) is 7.11 Å². The Kier molecular flexibility index (Phi) is 7.03. The Balaban J connectivity index is 1.63. The Bertz CT molecular complexity index is 1580. The van der Waals surface area contributed by atoms with Gasteiger partial charge in [0.25, 0.3) is 0 Å². The van der Waals surface area contributed by atoms with Gasteiger partial charge >= 0.3 is 5.97 Å². The third-order valence-corrected chi connectivity index (χ3v) is 8.25. The van der Waals surface area contributed by atoms with Crippen LogP contribution in [-0.2, 0) is 16.0 Å². The van der Waals surface area contributed by atoms with Gasteiger partial charge < -0.3 is 9.47 Å². The summed E-state index contributed by atoms with van der Waals surface area (Å²) in [6, 6.07) is 27.2. The fraction of sp³-hybridized carbons (Fsp3) is 0.242. The molecule has 0 saturated heterocycles. The molecular weight excluding hydrogens is 476 g/mol. The van der Waals surface area contributed by atoms with Gasteiger partial charge in [-0.3, -0.25) is 0 Å². The van der Waals surface area contributed by atoms with Crippen LogP contribution in [0.1, 0.15) is 41.3 Å². The summed E-state index contributed by atoms with van der Waals surface area (Å²) in [6.45, 7) is 8.74. The average Bonchev–Trinajstić information content (AvgIpc) is 3.19. The Labute approximate surface area is 222 Å². The van der Waals surface area contributed by atoms with E-state index < -0.39 is 6.10 Å². The van der Waals surface area contributed by atoms with Crippen molar-refractivity contribution in [2.45, 2.75) is 46.1 Å². The van der Waals surface area contributed by atoms with Crippen LogP contribution in [0.2, 0.25) is 0 Å². The number of hydrogen-bond acceptors (Lipinski definition) is 4. The molecule has 4 aromatic carbocycles. The van der Waals surface area contributed by atoms with Gasteiger partial charge in [0.15, 0.2) is 6.10 Å². The molecule has 0 aliphatic rings. The summed E-state index contributed by atoms with van der Waals surface area (Å²) in [5, 5.41) is 3.81. The van der Waals surface area contributed by atoms with Crippen LogP contribution in [-0.4, -0.2) is 19.2 Å². The number of fused-ring (bicyclic) bond motifs is 2. The molecule has 4 heteroatoms. The van der Waals surface area contributed by atoms with Gasteiger partial charge in [-0.1, -0.05) is 74.5 Å². The molecule has 0 N–H and O–H groups in total. The molecule has 0 aliphatic carbocycles. The number of esters is 1. The third kappa shape index (κ3) is 4.86. The van der Waals surface area contributed by atoms with Gasteiger partial charge in [-0.2, -0.15) is 0 Å². The molecule has 0 fully saturated rings. The zero-order valence-corrected chi connectivity index (χ0v) is 22.8. The van der Waals surface area contributed by atoms with Crippen molar-refractivity contribution in [1.29, 1.82) is 0 Å². The minimum absolute atomic E-state index is 0.209. The first kappa shape index (κ1) is 25.0. The quantitative estimate of drug-likeness (QED) is 0.206. The summed E-state index contributed by atoms with van der Waals surface area (Å²) in [5.41, 5.74) is 5.86. The van der Waals surface area contributed by atoms with Gasteiger partial charge in [-0.05, 0) is 76.6 Å². The van der Waals surface area contributed by atoms with Gasteiger partial charge in [-0.15, -0.1) is 11.3 Å². The van der Waals surface area contributed by atoms with Crippen LogP contribution in [0.15, 0.2) is 78.9 Å². The molecular formula is C33H32O3S. The maximum absolute atomic E-state index is 12.7. The molecule has 1 unspecified atom stereocenters. The van der Waals surface area contributed by atoms with E-state index in [1.807, 2.05) is 47.7 Å². The summed E-state index contributed by atoms with van der Waals surface area (Å²) < 4.78 is 12.8. The van der Waals surface area contributed by atoms with E-state index in [9.17, 15) is 4.79 Å². The fourth-order valence-corrected chi connectivity index (χ4v) is 6.17. The highest BCUT2D eigenvalue weighted by Crippen LogP contribution is 2.44. The van der Waals surface area contributed by atoms with Crippen LogP contribution in [0, 0.1) is 13.8 Å². The molecule has 188 valence electrons. The van der Waals surface area contributed by atoms with E-state index in [1.54, 1.807) is 0 Å². The molecule has 3 nitrogen and oxygen atoms in total. The van der Waals surface area contributed by atoms with Crippen molar-refractivity contribution in [3.63, 3.8) is 0 Å². The minimum atomic E-state index is -0.721. The molecule has 0 amide bonds. The molecule has 0 saturated carbocycles. The predicted octanol–water partition coefficient (Wildman–Crippen LogP) is 8.62. The predicted molar refractivity (Wildman–Crippen MR) is 155 cm³/mol. The molecule has 1 heterocycles. The summed E-state index contributed by atoms with van der Waals surface area (Å²) in [6.07, 6.45) is -0.272. The Hall–Kier alpha value is -3.63. The minimum Gasteiger partial charge on any atom is -0.478 e. The fourth-order valence-electron chi connectivity index (χ4n) is 5.04. The highest BCUT2D eigenvalue weighted by molar-refractivity contribution is 7.19. The van der Waals surface area contributed by atoms with E-state index in [1.165, 1.54) is 44.0 Å². The second-order valence-corrected chi connectivity index (χ2v) is 11.1. The number of carbonyl (C=O) groups excluding carboxylic acids is 1. The van der Waals surface area contributed by atoms with Crippen LogP contribution in [0.4, 0.5) is 0 Å². The monoisotopic (exact) mass is 508 g/mol. The molecule has 5 rings (SSSR count). The van der Waals surface area contributed by atoms with Gasteiger partial charge in [-0.25, -0.2) is 4.79 Å². The number of methoxy groups -OCH3 is 1. The zero-order chi connectivity index (χ0) is 26.1. The van der Waals surface area contributed by atoms with Gasteiger partial charge in [0.2, 0.25) is 0 Å². The molecule has 0 bridgehead atoms. The van der Waals surface area contributed by atoms with Crippen LogP contribution in [0.5, 0.6) is 5.75 Å². The van der Waals surface area contributed by atoms with Crippen LogP contribution < -0.4 is 4.74 Å². The lowest BCUT2D eigenvalue weighted by atomic mass is 9.90. The smallest absolute Gasteiger partial charge is 0.347 e. The van der Waals surface area contributed by atoms with Crippen molar-refractivity contribution in [3.8, 4) is 16.9 Å². The molecule has 0 spiro atoms. The maximum atomic E-state index is 12.7. The first-order valence-electron chi connectivity index (χ1n) is 12.7. The lowest BCUT2D eigenvalue weighted by Crippen LogP contribution is -2.31. The molecule has 1 atom stereocenters. The standard InChI is InChI=1S/C33H32O3S/c1-20(2)27-18-25(15-16-28(27)36-29(33(34)35-5)17-23-11-7-6-8-12-23)32-26-14-10-9-13-24(26)19-30-31(32)21(3)22(4)37-30/h6-16,18-20,29H,17H2,1-5H3. The Morgan fingerprint density at radius 1 is 0.919 bits per heavy atom. The van der Waals surface area contributed by atoms with E-state index in [0.717, 1.165) is 22.4 Å². The summed E-state index contributed by atoms with van der Waals surface area (Å²) in [7, 11) is 1.41. The molecule has 37 heavy (non-hydrogen) atoms. The van der Waals surface area contributed by atoms with Gasteiger partial charge in [0, 0.05) is 21.4 Å². The number of thiophene rings is 1. The number of benzene rings is 4. The highest BCUT2D eigenvalue weighted by atomic mass is 32.1. The van der Waals surface area contributed by atoms with E-state index in [2.05, 4.69) is 70.2 Å². The molecule has 0 radical (unpaired) electrons. The normalized spacial score (nSPS) is 12.3. The third-order valence-electron chi connectivity index (χ3n) is 7.10. The SMILES string of the molecule is COC(=O)C(Cc1ccccc1)Oc1ccc(-c2c3ccccc3cc3sc(C)c(C)c23)cc1C(C)C. The number of carbonyl (C=O) groups is 1. The summed E-state index contributed by atoms with van der Waals surface area (Å²) in [4.78, 5) is 14.0.